The third-order valence-corrected chi connectivity index (χ3v) is 4.75. The van der Waals surface area contributed by atoms with E-state index in [4.69, 9.17) is 21.1 Å². The van der Waals surface area contributed by atoms with Crippen LogP contribution in [-0.2, 0) is 10.2 Å². The first-order valence-electron chi connectivity index (χ1n) is 7.13. The first-order valence-corrected chi connectivity index (χ1v) is 7.50. The van der Waals surface area contributed by atoms with Crippen molar-refractivity contribution in [2.75, 3.05) is 14.2 Å². The van der Waals surface area contributed by atoms with Crippen LogP contribution in [0.4, 0.5) is 0 Å². The quantitative estimate of drug-likeness (QED) is 0.914. The van der Waals surface area contributed by atoms with Gasteiger partial charge in [0.1, 0.15) is 16.5 Å². The fraction of sp³-hybridized carbons (Fsp3) is 0.562. The van der Waals surface area contributed by atoms with Gasteiger partial charge < -0.3 is 14.6 Å². The maximum atomic E-state index is 12.0. The SMILES string of the molecule is COc1c(C)cc(C2(C(=O)O)CCCCC2)c(OC)c1Cl. The number of hydrogen-bond donors (Lipinski definition) is 1. The molecule has 0 radical (unpaired) electrons. The Morgan fingerprint density at radius 2 is 1.76 bits per heavy atom. The number of methoxy groups -OCH3 is 2. The molecule has 1 aliphatic rings. The summed E-state index contributed by atoms with van der Waals surface area (Å²) in [7, 11) is 3.05. The second-order valence-electron chi connectivity index (χ2n) is 5.57. The molecule has 1 fully saturated rings. The van der Waals surface area contributed by atoms with Crippen LogP contribution in [-0.4, -0.2) is 25.3 Å². The largest absolute Gasteiger partial charge is 0.495 e. The van der Waals surface area contributed by atoms with Gasteiger partial charge in [-0.3, -0.25) is 4.79 Å². The standard InChI is InChI=1S/C16H21ClO4/c1-10-9-11(14(21-3)12(17)13(10)20-2)16(15(18)19)7-5-4-6-8-16/h9H,4-8H2,1-3H3,(H,18,19). The highest BCUT2D eigenvalue weighted by atomic mass is 35.5. The normalized spacial score (nSPS) is 17.3. The summed E-state index contributed by atoms with van der Waals surface area (Å²) in [5.74, 6) is 0.151. The lowest BCUT2D eigenvalue weighted by molar-refractivity contribution is -0.145. The van der Waals surface area contributed by atoms with Crippen LogP contribution in [0.1, 0.15) is 43.2 Å². The molecule has 5 heteroatoms. The zero-order chi connectivity index (χ0) is 15.6. The van der Waals surface area contributed by atoms with Gasteiger partial charge in [0.05, 0.1) is 19.6 Å². The van der Waals surface area contributed by atoms with Gasteiger partial charge in [-0.15, -0.1) is 0 Å². The Labute approximate surface area is 130 Å². The van der Waals surface area contributed by atoms with E-state index in [-0.39, 0.29) is 0 Å². The van der Waals surface area contributed by atoms with Crippen LogP contribution in [0.5, 0.6) is 11.5 Å². The predicted octanol–water partition coefficient (Wildman–Crippen LogP) is 3.95. The van der Waals surface area contributed by atoms with Crippen molar-refractivity contribution in [3.05, 3.63) is 22.2 Å². The van der Waals surface area contributed by atoms with Gasteiger partial charge in [0.15, 0.2) is 0 Å². The average Bonchev–Trinajstić information content (AvgIpc) is 2.47. The van der Waals surface area contributed by atoms with Gasteiger partial charge in [0, 0.05) is 5.56 Å². The van der Waals surface area contributed by atoms with E-state index in [1.807, 2.05) is 13.0 Å². The molecule has 0 spiro atoms. The maximum absolute atomic E-state index is 12.0. The van der Waals surface area contributed by atoms with E-state index >= 15 is 0 Å². The molecule has 0 amide bonds. The number of carbonyl (C=O) groups is 1. The summed E-state index contributed by atoms with van der Waals surface area (Å²) in [5.41, 5.74) is 0.578. The van der Waals surface area contributed by atoms with Crippen molar-refractivity contribution in [2.24, 2.45) is 0 Å². The summed E-state index contributed by atoms with van der Waals surface area (Å²) in [5, 5.41) is 10.2. The van der Waals surface area contributed by atoms with Crippen molar-refractivity contribution in [1.29, 1.82) is 0 Å². The molecule has 4 nitrogen and oxygen atoms in total. The van der Waals surface area contributed by atoms with Crippen LogP contribution in [0.2, 0.25) is 5.02 Å². The molecule has 21 heavy (non-hydrogen) atoms. The summed E-state index contributed by atoms with van der Waals surface area (Å²) < 4.78 is 10.7. The fourth-order valence-corrected chi connectivity index (χ4v) is 3.71. The molecule has 1 aliphatic carbocycles. The first kappa shape index (κ1) is 16.0. The molecule has 0 atom stereocenters. The van der Waals surface area contributed by atoms with Crippen LogP contribution in [0.25, 0.3) is 0 Å². The van der Waals surface area contributed by atoms with Gasteiger partial charge in [-0.2, -0.15) is 0 Å². The number of carboxylic acid groups (broad SMARTS) is 1. The topological polar surface area (TPSA) is 55.8 Å². The molecule has 1 N–H and O–H groups in total. The maximum Gasteiger partial charge on any atom is 0.314 e. The van der Waals surface area contributed by atoms with E-state index in [0.717, 1.165) is 24.8 Å². The summed E-state index contributed by atoms with van der Waals surface area (Å²) in [6.07, 6.45) is 4.10. The van der Waals surface area contributed by atoms with Crippen LogP contribution in [0, 0.1) is 6.92 Å². The van der Waals surface area contributed by atoms with Crippen LogP contribution in [0.15, 0.2) is 6.07 Å². The second-order valence-corrected chi connectivity index (χ2v) is 5.95. The molecule has 1 saturated carbocycles. The van der Waals surface area contributed by atoms with Gasteiger partial charge in [0.25, 0.3) is 0 Å². The molecule has 0 bridgehead atoms. The third-order valence-electron chi connectivity index (χ3n) is 4.40. The molecule has 0 aliphatic heterocycles. The lowest BCUT2D eigenvalue weighted by Gasteiger charge is -2.35. The zero-order valence-corrected chi connectivity index (χ0v) is 13.4. The van der Waals surface area contributed by atoms with Crippen molar-refractivity contribution in [3.8, 4) is 11.5 Å². The van der Waals surface area contributed by atoms with Gasteiger partial charge >= 0.3 is 5.97 Å². The molecule has 0 unspecified atom stereocenters. The van der Waals surface area contributed by atoms with Gasteiger partial charge in [-0.1, -0.05) is 30.9 Å². The fourth-order valence-electron chi connectivity index (χ4n) is 3.30. The zero-order valence-electron chi connectivity index (χ0n) is 12.7. The van der Waals surface area contributed by atoms with Crippen molar-refractivity contribution >= 4 is 17.6 Å². The van der Waals surface area contributed by atoms with Crippen LogP contribution >= 0.6 is 11.6 Å². The van der Waals surface area contributed by atoms with E-state index in [2.05, 4.69) is 0 Å². The van der Waals surface area contributed by atoms with Crippen molar-refractivity contribution < 1.29 is 19.4 Å². The Morgan fingerprint density at radius 3 is 2.24 bits per heavy atom. The summed E-state index contributed by atoms with van der Waals surface area (Å²) in [6, 6.07) is 1.85. The average molecular weight is 313 g/mol. The molecule has 1 aromatic rings. The molecule has 0 saturated heterocycles. The van der Waals surface area contributed by atoms with E-state index in [9.17, 15) is 9.90 Å². The highest BCUT2D eigenvalue weighted by Gasteiger charge is 2.44. The predicted molar refractivity (Wildman–Crippen MR) is 81.7 cm³/mol. The Bertz CT molecular complexity index is 548. The highest BCUT2D eigenvalue weighted by molar-refractivity contribution is 6.33. The Balaban J connectivity index is 2.68. The molecule has 1 aromatic carbocycles. The first-order chi connectivity index (χ1) is 9.97. The van der Waals surface area contributed by atoms with E-state index in [1.54, 1.807) is 7.11 Å². The van der Waals surface area contributed by atoms with Gasteiger partial charge in [0.2, 0.25) is 0 Å². The van der Waals surface area contributed by atoms with Crippen molar-refractivity contribution in [2.45, 2.75) is 44.4 Å². The Kier molecular flexibility index (Phi) is 4.67. The van der Waals surface area contributed by atoms with E-state index in [1.165, 1.54) is 7.11 Å². The molecular weight excluding hydrogens is 292 g/mol. The van der Waals surface area contributed by atoms with Crippen LogP contribution < -0.4 is 9.47 Å². The minimum absolute atomic E-state index is 0.348. The number of carboxylic acids is 1. The Hall–Kier alpha value is -1.42. The highest BCUT2D eigenvalue weighted by Crippen LogP contribution is 2.49. The lowest BCUT2D eigenvalue weighted by atomic mass is 9.69. The van der Waals surface area contributed by atoms with Crippen molar-refractivity contribution in [1.82, 2.24) is 0 Å². The monoisotopic (exact) mass is 312 g/mol. The molecule has 0 aromatic heterocycles. The number of rotatable bonds is 4. The molecule has 116 valence electrons. The number of halogens is 1. The number of aliphatic carboxylic acids is 1. The second kappa shape index (κ2) is 6.14. The minimum Gasteiger partial charge on any atom is -0.495 e. The molecule has 2 rings (SSSR count). The molecule has 0 heterocycles. The minimum atomic E-state index is -0.912. The number of hydrogen-bond acceptors (Lipinski definition) is 3. The molecular formula is C16H21ClO4. The van der Waals surface area contributed by atoms with E-state index in [0.29, 0.717) is 34.9 Å². The number of benzene rings is 1. The van der Waals surface area contributed by atoms with Gasteiger partial charge in [-0.25, -0.2) is 0 Å². The van der Waals surface area contributed by atoms with Crippen LogP contribution in [0.3, 0.4) is 0 Å². The third kappa shape index (κ3) is 2.57. The van der Waals surface area contributed by atoms with Gasteiger partial charge in [-0.05, 0) is 31.4 Å². The number of aryl methyl sites for hydroxylation is 1. The summed E-state index contributed by atoms with van der Waals surface area (Å²) in [4.78, 5) is 12.0. The summed E-state index contributed by atoms with van der Waals surface area (Å²) >= 11 is 6.36. The van der Waals surface area contributed by atoms with E-state index < -0.39 is 11.4 Å². The van der Waals surface area contributed by atoms with Crippen molar-refractivity contribution in [3.63, 3.8) is 0 Å². The smallest absolute Gasteiger partial charge is 0.314 e. The lowest BCUT2D eigenvalue weighted by Crippen LogP contribution is -2.38. The number of ether oxygens (including phenoxy) is 2. The Morgan fingerprint density at radius 1 is 1.19 bits per heavy atom. The summed E-state index contributed by atoms with van der Waals surface area (Å²) in [6.45, 7) is 1.87.